The predicted molar refractivity (Wildman–Crippen MR) is 126 cm³/mol. The topological polar surface area (TPSA) is 102 Å². The van der Waals surface area contributed by atoms with Crippen LogP contribution in [0.15, 0.2) is 28.8 Å². The molecule has 2 aliphatic rings. The minimum atomic E-state index is -0.746. The van der Waals surface area contributed by atoms with Crippen molar-refractivity contribution in [2.75, 3.05) is 7.05 Å². The highest BCUT2D eigenvalue weighted by molar-refractivity contribution is 5.69. The third-order valence-corrected chi connectivity index (χ3v) is 7.10. The number of rotatable bonds is 8. The van der Waals surface area contributed by atoms with Gasteiger partial charge in [0.05, 0.1) is 17.4 Å². The fourth-order valence-corrected chi connectivity index (χ4v) is 5.12. The number of carbonyl (C=O) groups excluding carboxylic acids is 1. The van der Waals surface area contributed by atoms with Gasteiger partial charge in [-0.05, 0) is 75.6 Å². The summed E-state index contributed by atoms with van der Waals surface area (Å²) in [4.78, 5) is 25.2. The van der Waals surface area contributed by atoms with E-state index in [-0.39, 0.29) is 37.2 Å². The lowest BCUT2D eigenvalue weighted by Crippen LogP contribution is -2.35. The average Bonchev–Trinajstić information content (AvgIpc) is 3.47. The van der Waals surface area contributed by atoms with Gasteiger partial charge in [-0.25, -0.2) is 4.79 Å². The first-order chi connectivity index (χ1) is 16.4. The molecule has 34 heavy (non-hydrogen) atoms. The van der Waals surface area contributed by atoms with Gasteiger partial charge in [-0.1, -0.05) is 18.0 Å². The van der Waals surface area contributed by atoms with Gasteiger partial charge in [-0.15, -0.1) is 0 Å². The van der Waals surface area contributed by atoms with E-state index in [9.17, 15) is 9.59 Å². The highest BCUT2D eigenvalue weighted by Gasteiger charge is 2.26. The molecular formula is C26H34N2O6. The SMILES string of the molecule is Cc1noc(-c2ccc(O[C@@H]3CCC[C@H](CC(=O)O)C3)cc2)c1COC(=O)N(C)C1CCCC1. The Morgan fingerprint density at radius 2 is 1.85 bits per heavy atom. The molecule has 1 amide bonds. The van der Waals surface area contributed by atoms with Crippen LogP contribution in [0, 0.1) is 12.8 Å². The molecule has 0 aliphatic heterocycles. The van der Waals surface area contributed by atoms with E-state index in [1.165, 1.54) is 0 Å². The van der Waals surface area contributed by atoms with Gasteiger partial charge in [-0.3, -0.25) is 4.79 Å². The second kappa shape index (κ2) is 10.9. The standard InChI is InChI=1S/C26H34N2O6/c1-17-23(16-32-26(31)28(2)20-7-3-4-8-20)25(34-27-17)19-10-12-21(13-11-19)33-22-9-5-6-18(14-22)15-24(29)30/h10-13,18,20,22H,3-9,14-16H2,1-2H3,(H,29,30)/t18-,22+/m0/s1. The zero-order valence-corrected chi connectivity index (χ0v) is 20.0. The summed E-state index contributed by atoms with van der Waals surface area (Å²) in [5, 5.41) is 13.1. The quantitative estimate of drug-likeness (QED) is 0.538. The zero-order valence-electron chi connectivity index (χ0n) is 20.0. The number of aliphatic carboxylic acids is 1. The van der Waals surface area contributed by atoms with Crippen molar-refractivity contribution in [2.45, 2.75) is 83.5 Å². The van der Waals surface area contributed by atoms with Crippen molar-refractivity contribution < 1.29 is 28.7 Å². The Morgan fingerprint density at radius 1 is 1.12 bits per heavy atom. The number of carboxylic acids is 1. The number of hydrogen-bond acceptors (Lipinski definition) is 6. The zero-order chi connectivity index (χ0) is 24.1. The minimum absolute atomic E-state index is 0.0308. The van der Waals surface area contributed by atoms with E-state index in [1.807, 2.05) is 31.2 Å². The molecule has 0 unspecified atom stereocenters. The van der Waals surface area contributed by atoms with Gasteiger partial charge < -0.3 is 24.0 Å². The summed E-state index contributed by atoms with van der Waals surface area (Å²) in [7, 11) is 1.80. The van der Waals surface area contributed by atoms with Gasteiger partial charge in [0.25, 0.3) is 0 Å². The van der Waals surface area contributed by atoms with Gasteiger partial charge >= 0.3 is 12.1 Å². The average molecular weight is 471 g/mol. The smallest absolute Gasteiger partial charge is 0.410 e. The van der Waals surface area contributed by atoms with Crippen LogP contribution >= 0.6 is 0 Å². The molecule has 8 nitrogen and oxygen atoms in total. The first-order valence-corrected chi connectivity index (χ1v) is 12.2. The molecule has 0 radical (unpaired) electrons. The number of aromatic nitrogens is 1. The number of benzene rings is 1. The summed E-state index contributed by atoms with van der Waals surface area (Å²) in [5.41, 5.74) is 2.28. The molecule has 1 N–H and O–H groups in total. The Labute approximate surface area is 200 Å². The maximum absolute atomic E-state index is 12.5. The van der Waals surface area contributed by atoms with E-state index in [0.29, 0.717) is 11.5 Å². The maximum Gasteiger partial charge on any atom is 0.410 e. The number of carbonyl (C=O) groups is 2. The van der Waals surface area contributed by atoms with Crippen LogP contribution in [0.3, 0.4) is 0 Å². The highest BCUT2D eigenvalue weighted by Crippen LogP contribution is 2.32. The molecule has 2 atom stereocenters. The summed E-state index contributed by atoms with van der Waals surface area (Å²) >= 11 is 0. The summed E-state index contributed by atoms with van der Waals surface area (Å²) in [5.74, 6) is 0.751. The van der Waals surface area contributed by atoms with Crippen LogP contribution in [0.25, 0.3) is 11.3 Å². The molecule has 184 valence electrons. The minimum Gasteiger partial charge on any atom is -0.490 e. The van der Waals surface area contributed by atoms with Gasteiger partial charge in [0.2, 0.25) is 0 Å². The number of carboxylic acid groups (broad SMARTS) is 1. The van der Waals surface area contributed by atoms with Crippen LogP contribution in [-0.4, -0.2) is 46.4 Å². The molecule has 0 saturated heterocycles. The molecule has 0 bridgehead atoms. The molecule has 2 aliphatic carbocycles. The van der Waals surface area contributed by atoms with Crippen LogP contribution in [-0.2, 0) is 16.1 Å². The molecule has 2 aromatic rings. The monoisotopic (exact) mass is 470 g/mol. The van der Waals surface area contributed by atoms with E-state index in [2.05, 4.69) is 5.16 Å². The number of ether oxygens (including phenoxy) is 2. The molecule has 4 rings (SSSR count). The largest absolute Gasteiger partial charge is 0.490 e. The lowest BCUT2D eigenvalue weighted by atomic mass is 9.85. The molecular weight excluding hydrogens is 436 g/mol. The number of amides is 1. The summed E-state index contributed by atoms with van der Waals surface area (Å²) in [6, 6.07) is 7.84. The van der Waals surface area contributed by atoms with E-state index in [4.69, 9.17) is 19.1 Å². The third kappa shape index (κ3) is 5.90. The van der Waals surface area contributed by atoms with Crippen molar-refractivity contribution in [1.82, 2.24) is 10.1 Å². The van der Waals surface area contributed by atoms with Crippen molar-refractivity contribution in [3.05, 3.63) is 35.5 Å². The lowest BCUT2D eigenvalue weighted by Gasteiger charge is -2.28. The second-order valence-electron chi connectivity index (χ2n) is 9.57. The van der Waals surface area contributed by atoms with Gasteiger partial charge in [-0.2, -0.15) is 0 Å². The lowest BCUT2D eigenvalue weighted by molar-refractivity contribution is -0.138. The number of nitrogens with zero attached hydrogens (tertiary/aromatic N) is 2. The Morgan fingerprint density at radius 3 is 2.56 bits per heavy atom. The summed E-state index contributed by atoms with van der Waals surface area (Å²) < 4.78 is 17.3. The highest BCUT2D eigenvalue weighted by atomic mass is 16.6. The second-order valence-corrected chi connectivity index (χ2v) is 9.57. The van der Waals surface area contributed by atoms with E-state index < -0.39 is 5.97 Å². The Kier molecular flexibility index (Phi) is 7.75. The van der Waals surface area contributed by atoms with Crippen molar-refractivity contribution >= 4 is 12.1 Å². The number of hydrogen-bond donors (Lipinski definition) is 1. The molecule has 1 heterocycles. The van der Waals surface area contributed by atoms with Crippen LogP contribution in [0.2, 0.25) is 0 Å². The Balaban J connectivity index is 1.36. The van der Waals surface area contributed by atoms with Gasteiger partial charge in [0.1, 0.15) is 12.4 Å². The molecule has 8 heteroatoms. The first-order valence-electron chi connectivity index (χ1n) is 12.2. The van der Waals surface area contributed by atoms with E-state index in [0.717, 1.165) is 68.2 Å². The molecule has 2 fully saturated rings. The van der Waals surface area contributed by atoms with Gasteiger partial charge in [0.15, 0.2) is 5.76 Å². The van der Waals surface area contributed by atoms with Crippen LogP contribution in [0.5, 0.6) is 5.75 Å². The van der Waals surface area contributed by atoms with Crippen molar-refractivity contribution in [2.24, 2.45) is 5.92 Å². The Bertz CT molecular complexity index is 980. The van der Waals surface area contributed by atoms with E-state index in [1.54, 1.807) is 11.9 Å². The normalized spacial score (nSPS) is 20.8. The van der Waals surface area contributed by atoms with Gasteiger partial charge in [0, 0.05) is 25.1 Å². The van der Waals surface area contributed by atoms with E-state index >= 15 is 0 Å². The van der Waals surface area contributed by atoms with Crippen LogP contribution in [0.4, 0.5) is 4.79 Å². The van der Waals surface area contributed by atoms with Crippen molar-refractivity contribution in [3.63, 3.8) is 0 Å². The fourth-order valence-electron chi connectivity index (χ4n) is 5.12. The maximum atomic E-state index is 12.5. The number of aryl methyl sites for hydroxylation is 1. The van der Waals surface area contributed by atoms with Crippen molar-refractivity contribution in [1.29, 1.82) is 0 Å². The summed E-state index contributed by atoms with van der Waals surface area (Å²) in [6.07, 6.45) is 7.89. The van der Waals surface area contributed by atoms with Crippen molar-refractivity contribution in [3.8, 4) is 17.1 Å². The Hall–Kier alpha value is -3.03. The summed E-state index contributed by atoms with van der Waals surface area (Å²) in [6.45, 7) is 1.94. The first kappa shape index (κ1) is 24.1. The predicted octanol–water partition coefficient (Wildman–Crippen LogP) is 5.57. The molecule has 1 aromatic heterocycles. The van der Waals surface area contributed by atoms with Crippen LogP contribution in [0.1, 0.15) is 69.0 Å². The van der Waals surface area contributed by atoms with Crippen LogP contribution < -0.4 is 4.74 Å². The molecule has 1 aromatic carbocycles. The molecule has 2 saturated carbocycles. The molecule has 0 spiro atoms. The third-order valence-electron chi connectivity index (χ3n) is 7.10. The fraction of sp³-hybridized carbons (Fsp3) is 0.577.